The highest BCUT2D eigenvalue weighted by Gasteiger charge is 2.13. The van der Waals surface area contributed by atoms with E-state index in [9.17, 15) is 14.9 Å². The number of hydrogen-bond acceptors (Lipinski definition) is 6. The second-order valence-electron chi connectivity index (χ2n) is 6.50. The summed E-state index contributed by atoms with van der Waals surface area (Å²) >= 11 is 0. The van der Waals surface area contributed by atoms with Crippen LogP contribution in [0.3, 0.4) is 0 Å². The van der Waals surface area contributed by atoms with Gasteiger partial charge in [0, 0.05) is 5.69 Å². The summed E-state index contributed by atoms with van der Waals surface area (Å²) in [5.74, 6) is 0.0953. The van der Waals surface area contributed by atoms with E-state index in [1.54, 1.807) is 30.3 Å². The van der Waals surface area contributed by atoms with Crippen LogP contribution in [0.4, 0.5) is 5.69 Å². The number of nitriles is 1. The van der Waals surface area contributed by atoms with Gasteiger partial charge in [-0.1, -0.05) is 6.07 Å². The number of nitrogens with one attached hydrogen (secondary N) is 1. The summed E-state index contributed by atoms with van der Waals surface area (Å²) in [5, 5.41) is 12.1. The van der Waals surface area contributed by atoms with Crippen LogP contribution in [-0.2, 0) is 9.53 Å². The molecule has 7 nitrogen and oxygen atoms in total. The Morgan fingerprint density at radius 3 is 2.40 bits per heavy atom. The van der Waals surface area contributed by atoms with Gasteiger partial charge in [0.15, 0.2) is 11.5 Å². The van der Waals surface area contributed by atoms with E-state index in [0.29, 0.717) is 34.9 Å². The first-order valence-corrected chi connectivity index (χ1v) is 9.43. The lowest BCUT2D eigenvalue weighted by molar-refractivity contribution is -0.112. The molecule has 0 aliphatic carbocycles. The Balaban J connectivity index is 2.21. The van der Waals surface area contributed by atoms with Gasteiger partial charge in [-0.15, -0.1) is 0 Å². The zero-order valence-corrected chi connectivity index (χ0v) is 17.4. The van der Waals surface area contributed by atoms with Gasteiger partial charge >= 0.3 is 5.97 Å². The minimum absolute atomic E-state index is 0.0170. The van der Waals surface area contributed by atoms with Crippen LogP contribution in [0, 0.1) is 11.3 Å². The van der Waals surface area contributed by atoms with E-state index in [2.05, 4.69) is 10.1 Å². The summed E-state index contributed by atoms with van der Waals surface area (Å²) in [6, 6.07) is 13.3. The molecule has 0 spiro atoms. The molecule has 7 heteroatoms. The third-order valence-electron chi connectivity index (χ3n) is 3.87. The molecule has 0 saturated carbocycles. The molecule has 0 aromatic heterocycles. The van der Waals surface area contributed by atoms with E-state index in [1.807, 2.05) is 26.8 Å². The Bertz CT molecular complexity index is 972. The lowest BCUT2D eigenvalue weighted by Crippen LogP contribution is -2.13. The van der Waals surface area contributed by atoms with Crippen molar-refractivity contribution in [3.63, 3.8) is 0 Å². The molecular weight excluding hydrogens is 384 g/mol. The second-order valence-corrected chi connectivity index (χ2v) is 6.50. The van der Waals surface area contributed by atoms with E-state index >= 15 is 0 Å². The molecule has 0 unspecified atom stereocenters. The van der Waals surface area contributed by atoms with Crippen molar-refractivity contribution in [3.8, 4) is 17.6 Å². The first kappa shape index (κ1) is 22.5. The first-order chi connectivity index (χ1) is 14.4. The Morgan fingerprint density at radius 2 is 1.83 bits per heavy atom. The van der Waals surface area contributed by atoms with Crippen LogP contribution in [-0.4, -0.2) is 31.7 Å². The molecule has 30 heavy (non-hydrogen) atoms. The van der Waals surface area contributed by atoms with Gasteiger partial charge in [-0.3, -0.25) is 4.79 Å². The number of anilines is 1. The van der Waals surface area contributed by atoms with Gasteiger partial charge in [-0.05, 0) is 68.8 Å². The lowest BCUT2D eigenvalue weighted by Gasteiger charge is -2.15. The van der Waals surface area contributed by atoms with Gasteiger partial charge in [-0.2, -0.15) is 5.26 Å². The average molecular weight is 408 g/mol. The molecule has 0 radical (unpaired) electrons. The molecule has 2 aromatic carbocycles. The van der Waals surface area contributed by atoms with E-state index in [0.717, 1.165) is 0 Å². The van der Waals surface area contributed by atoms with Crippen molar-refractivity contribution in [2.75, 3.05) is 19.0 Å². The predicted molar refractivity (Wildman–Crippen MR) is 113 cm³/mol. The van der Waals surface area contributed by atoms with Crippen molar-refractivity contribution in [1.29, 1.82) is 5.26 Å². The van der Waals surface area contributed by atoms with Crippen LogP contribution >= 0.6 is 0 Å². The minimum Gasteiger partial charge on any atom is -0.490 e. The number of hydrogen-bond donors (Lipinski definition) is 1. The molecule has 1 amide bonds. The number of ether oxygens (including phenoxy) is 3. The minimum atomic E-state index is -0.566. The van der Waals surface area contributed by atoms with E-state index in [4.69, 9.17) is 9.47 Å². The number of methoxy groups -OCH3 is 1. The molecule has 2 aromatic rings. The Labute approximate surface area is 175 Å². The highest BCUT2D eigenvalue weighted by molar-refractivity contribution is 6.09. The Hall–Kier alpha value is -3.79. The smallest absolute Gasteiger partial charge is 0.337 e. The molecule has 0 heterocycles. The van der Waals surface area contributed by atoms with Gasteiger partial charge in [0.25, 0.3) is 5.91 Å². The highest BCUT2D eigenvalue weighted by atomic mass is 16.5. The largest absolute Gasteiger partial charge is 0.490 e. The number of benzene rings is 2. The van der Waals surface area contributed by atoms with Gasteiger partial charge in [0.1, 0.15) is 11.6 Å². The van der Waals surface area contributed by atoms with Crippen LogP contribution in [0.2, 0.25) is 0 Å². The third kappa shape index (κ3) is 6.11. The third-order valence-corrected chi connectivity index (χ3v) is 3.87. The average Bonchev–Trinajstić information content (AvgIpc) is 2.73. The topological polar surface area (TPSA) is 97.7 Å². The molecule has 156 valence electrons. The van der Waals surface area contributed by atoms with Crippen molar-refractivity contribution >= 4 is 23.6 Å². The van der Waals surface area contributed by atoms with Crippen molar-refractivity contribution in [2.45, 2.75) is 26.9 Å². The molecule has 0 saturated heterocycles. The number of rotatable bonds is 8. The zero-order chi connectivity index (χ0) is 22.1. The van der Waals surface area contributed by atoms with Gasteiger partial charge in [0.05, 0.1) is 25.4 Å². The number of carbonyl (C=O) groups is 2. The van der Waals surface area contributed by atoms with E-state index in [-0.39, 0.29) is 11.7 Å². The number of nitrogens with zero attached hydrogens (tertiary/aromatic N) is 1. The number of esters is 1. The molecule has 1 N–H and O–H groups in total. The fourth-order valence-electron chi connectivity index (χ4n) is 2.56. The van der Waals surface area contributed by atoms with E-state index < -0.39 is 11.9 Å². The van der Waals surface area contributed by atoms with E-state index in [1.165, 1.54) is 25.3 Å². The number of amides is 1. The second kappa shape index (κ2) is 10.7. The summed E-state index contributed by atoms with van der Waals surface area (Å²) in [4.78, 5) is 24.0. The number of carbonyl (C=O) groups excluding carboxylic acids is 2. The molecule has 2 rings (SSSR count). The van der Waals surface area contributed by atoms with Crippen molar-refractivity contribution in [3.05, 3.63) is 59.2 Å². The Kier molecular flexibility index (Phi) is 8.00. The van der Waals surface area contributed by atoms with Gasteiger partial charge < -0.3 is 19.5 Å². The van der Waals surface area contributed by atoms with Crippen LogP contribution < -0.4 is 14.8 Å². The molecule has 0 bridgehead atoms. The van der Waals surface area contributed by atoms with Crippen LogP contribution in [0.1, 0.15) is 36.7 Å². The van der Waals surface area contributed by atoms with Crippen molar-refractivity contribution in [2.24, 2.45) is 0 Å². The summed E-state index contributed by atoms with van der Waals surface area (Å²) in [6.07, 6.45) is 1.46. The maximum Gasteiger partial charge on any atom is 0.337 e. The fraction of sp³-hybridized carbons (Fsp3) is 0.261. The summed E-state index contributed by atoms with van der Waals surface area (Å²) < 4.78 is 16.0. The lowest BCUT2D eigenvalue weighted by atomic mass is 10.1. The maximum atomic E-state index is 12.5. The monoisotopic (exact) mass is 408 g/mol. The summed E-state index contributed by atoms with van der Waals surface area (Å²) in [6.45, 7) is 6.15. The normalized spacial score (nSPS) is 10.9. The highest BCUT2D eigenvalue weighted by Crippen LogP contribution is 2.30. The summed E-state index contributed by atoms with van der Waals surface area (Å²) in [5.41, 5.74) is 1.36. The molecule has 0 fully saturated rings. The summed E-state index contributed by atoms with van der Waals surface area (Å²) in [7, 11) is 1.29. The molecule has 0 aliphatic heterocycles. The van der Waals surface area contributed by atoms with Crippen molar-refractivity contribution in [1.82, 2.24) is 0 Å². The van der Waals surface area contributed by atoms with Crippen LogP contribution in [0.25, 0.3) is 6.08 Å². The Morgan fingerprint density at radius 1 is 1.13 bits per heavy atom. The van der Waals surface area contributed by atoms with Gasteiger partial charge in [-0.25, -0.2) is 4.79 Å². The fourth-order valence-corrected chi connectivity index (χ4v) is 2.56. The van der Waals surface area contributed by atoms with Crippen LogP contribution in [0.15, 0.2) is 48.0 Å². The van der Waals surface area contributed by atoms with Crippen LogP contribution in [0.5, 0.6) is 11.5 Å². The molecule has 0 atom stereocenters. The molecule has 0 aliphatic rings. The maximum absolute atomic E-state index is 12.5. The molecular formula is C23H24N2O5. The standard InChI is InChI=1S/C23H24N2O5/c1-5-29-21-13-16(6-11-20(21)30-15(2)3)12-18(14-24)22(26)25-19-9-7-17(8-10-19)23(27)28-4/h6-13,15H,5H2,1-4H3,(H,25,26)/b18-12+. The first-order valence-electron chi connectivity index (χ1n) is 9.43. The zero-order valence-electron chi connectivity index (χ0n) is 17.4. The van der Waals surface area contributed by atoms with Gasteiger partial charge in [0.2, 0.25) is 0 Å². The SMILES string of the molecule is CCOc1cc(/C=C(\C#N)C(=O)Nc2ccc(C(=O)OC)cc2)ccc1OC(C)C. The quantitative estimate of drug-likeness (QED) is 0.399. The predicted octanol–water partition coefficient (Wildman–Crippen LogP) is 4.20. The van der Waals surface area contributed by atoms with Crippen molar-refractivity contribution < 1.29 is 23.8 Å².